The maximum Gasteiger partial charge on any atom is 0.317 e. The number of methoxy groups -OCH3 is 1. The zero-order valence-corrected chi connectivity index (χ0v) is 17.7. The van der Waals surface area contributed by atoms with E-state index >= 15 is 0 Å². The van der Waals surface area contributed by atoms with Crippen molar-refractivity contribution in [2.24, 2.45) is 5.92 Å². The van der Waals surface area contributed by atoms with Gasteiger partial charge in [-0.25, -0.2) is 0 Å². The predicted octanol–water partition coefficient (Wildman–Crippen LogP) is 3.55. The van der Waals surface area contributed by atoms with Gasteiger partial charge in [0.15, 0.2) is 10.8 Å². The van der Waals surface area contributed by atoms with Gasteiger partial charge in [0.1, 0.15) is 11.7 Å². The number of hydrogen-bond donors (Lipinski definition) is 1. The molecule has 1 aromatic carbocycles. The second-order valence-corrected chi connectivity index (χ2v) is 7.85. The molecule has 148 valence electrons. The Kier molecular flexibility index (Phi) is 6.05. The molecule has 2 aliphatic heterocycles. The molecule has 3 rings (SSSR count). The Morgan fingerprint density at radius 1 is 1.44 bits per heavy atom. The molecule has 0 saturated carbocycles. The van der Waals surface area contributed by atoms with Crippen molar-refractivity contribution in [3.05, 3.63) is 27.7 Å². The molecule has 2 aliphatic rings. The quantitative estimate of drug-likeness (QED) is 0.418. The van der Waals surface area contributed by atoms with Crippen LogP contribution in [0.25, 0.3) is 0 Å². The molecule has 0 unspecified atom stereocenters. The van der Waals surface area contributed by atoms with E-state index in [-0.39, 0.29) is 12.6 Å². The summed E-state index contributed by atoms with van der Waals surface area (Å²) >= 11 is 18.2. The number of benzene rings is 1. The summed E-state index contributed by atoms with van der Waals surface area (Å²) in [6.45, 7) is 5.01. The fraction of sp³-hybridized carbons (Fsp3) is 0.556. The van der Waals surface area contributed by atoms with Crippen LogP contribution in [-0.2, 0) is 14.3 Å². The predicted molar refractivity (Wildman–Crippen MR) is 107 cm³/mol. The highest BCUT2D eigenvalue weighted by Crippen LogP contribution is 2.51. The Morgan fingerprint density at radius 3 is 2.85 bits per heavy atom. The van der Waals surface area contributed by atoms with Crippen LogP contribution in [0.3, 0.4) is 0 Å². The van der Waals surface area contributed by atoms with E-state index in [4.69, 9.17) is 49.6 Å². The van der Waals surface area contributed by atoms with Gasteiger partial charge < -0.3 is 24.4 Å². The standard InChI is InChI=1S/C18H22Cl2N2O4S/c1-4-25-16(23)13-14-11-8-10(19)9-12(20)15(11)26-18(13,2)22(17(27)21-14)6-5-7-24-3/h8-9,13-14H,4-7H2,1-3H3,(H,21,27)/t13-,14-,18-/m0/s1. The maximum absolute atomic E-state index is 12.9. The molecule has 2 heterocycles. The molecule has 1 aromatic rings. The number of nitrogens with one attached hydrogen (secondary N) is 1. The number of carbonyl (C=O) groups is 1. The lowest BCUT2D eigenvalue weighted by atomic mass is 9.79. The van der Waals surface area contributed by atoms with Crippen LogP contribution in [0.15, 0.2) is 12.1 Å². The molecule has 6 nitrogen and oxygen atoms in total. The van der Waals surface area contributed by atoms with Gasteiger partial charge in [-0.2, -0.15) is 0 Å². The topological polar surface area (TPSA) is 60.0 Å². The Labute approximate surface area is 174 Å². The van der Waals surface area contributed by atoms with Crippen molar-refractivity contribution in [3.63, 3.8) is 0 Å². The first-order chi connectivity index (χ1) is 12.8. The van der Waals surface area contributed by atoms with E-state index in [9.17, 15) is 4.79 Å². The number of ether oxygens (including phenoxy) is 3. The highest BCUT2D eigenvalue weighted by molar-refractivity contribution is 7.80. The molecule has 1 fully saturated rings. The summed E-state index contributed by atoms with van der Waals surface area (Å²) < 4.78 is 16.8. The minimum absolute atomic E-state index is 0.273. The van der Waals surface area contributed by atoms with Crippen molar-refractivity contribution >= 4 is 46.5 Å². The number of hydrogen-bond acceptors (Lipinski definition) is 5. The molecule has 0 spiro atoms. The Morgan fingerprint density at radius 2 is 2.19 bits per heavy atom. The Balaban J connectivity index is 2.09. The lowest BCUT2D eigenvalue weighted by Crippen LogP contribution is -2.71. The number of rotatable bonds is 6. The lowest BCUT2D eigenvalue weighted by Gasteiger charge is -2.55. The fourth-order valence-electron chi connectivity index (χ4n) is 3.75. The van der Waals surface area contributed by atoms with Gasteiger partial charge in [-0.05, 0) is 44.6 Å². The summed E-state index contributed by atoms with van der Waals surface area (Å²) in [5.74, 6) is -0.506. The third-order valence-corrected chi connectivity index (χ3v) is 5.76. The maximum atomic E-state index is 12.9. The van der Waals surface area contributed by atoms with E-state index in [0.717, 1.165) is 6.42 Å². The SMILES string of the molecule is CCOC(=O)[C@@H]1[C@H]2NC(=S)N(CCCOC)[C@@]1(C)Oc1c(Cl)cc(Cl)cc12. The Bertz CT molecular complexity index is 763. The van der Waals surface area contributed by atoms with Crippen LogP contribution in [0.1, 0.15) is 31.9 Å². The van der Waals surface area contributed by atoms with Crippen molar-refractivity contribution < 1.29 is 19.0 Å². The molecule has 1 N–H and O–H groups in total. The monoisotopic (exact) mass is 432 g/mol. The van der Waals surface area contributed by atoms with E-state index < -0.39 is 17.7 Å². The normalized spacial score (nSPS) is 26.1. The van der Waals surface area contributed by atoms with Gasteiger partial charge in [-0.1, -0.05) is 23.2 Å². The number of thiocarbonyl (C=S) groups is 1. The van der Waals surface area contributed by atoms with Gasteiger partial charge in [0.2, 0.25) is 0 Å². The molecule has 2 bridgehead atoms. The molecule has 0 radical (unpaired) electrons. The first-order valence-electron chi connectivity index (χ1n) is 8.75. The van der Waals surface area contributed by atoms with Crippen molar-refractivity contribution in [3.8, 4) is 5.75 Å². The van der Waals surface area contributed by atoms with Gasteiger partial charge in [-0.15, -0.1) is 0 Å². The van der Waals surface area contributed by atoms with E-state index in [1.807, 2.05) is 11.8 Å². The largest absolute Gasteiger partial charge is 0.466 e. The summed E-state index contributed by atoms with van der Waals surface area (Å²) in [6.07, 6.45) is 0.721. The summed E-state index contributed by atoms with van der Waals surface area (Å²) in [6, 6.07) is 2.93. The van der Waals surface area contributed by atoms with Crippen LogP contribution >= 0.6 is 35.4 Å². The summed E-state index contributed by atoms with van der Waals surface area (Å²) in [7, 11) is 1.64. The second-order valence-electron chi connectivity index (χ2n) is 6.62. The van der Waals surface area contributed by atoms with Crippen molar-refractivity contribution in [1.29, 1.82) is 0 Å². The van der Waals surface area contributed by atoms with Crippen LogP contribution in [0.5, 0.6) is 5.75 Å². The van der Waals surface area contributed by atoms with E-state index in [0.29, 0.717) is 39.6 Å². The van der Waals surface area contributed by atoms with Crippen LogP contribution < -0.4 is 10.1 Å². The van der Waals surface area contributed by atoms with Crippen LogP contribution in [0.4, 0.5) is 0 Å². The summed E-state index contributed by atoms with van der Waals surface area (Å²) in [4.78, 5) is 14.7. The van der Waals surface area contributed by atoms with Gasteiger partial charge in [0.25, 0.3) is 0 Å². The third-order valence-electron chi connectivity index (χ3n) is 4.92. The first kappa shape index (κ1) is 20.5. The highest BCUT2D eigenvalue weighted by Gasteiger charge is 2.59. The zero-order chi connectivity index (χ0) is 19.8. The molecule has 0 amide bonds. The number of fused-ring (bicyclic) bond motifs is 4. The molecular weight excluding hydrogens is 411 g/mol. The summed E-state index contributed by atoms with van der Waals surface area (Å²) in [5, 5.41) is 4.62. The average Bonchev–Trinajstić information content (AvgIpc) is 2.59. The van der Waals surface area contributed by atoms with Crippen molar-refractivity contribution in [1.82, 2.24) is 10.2 Å². The number of esters is 1. The van der Waals surface area contributed by atoms with Crippen LogP contribution in [-0.4, -0.2) is 48.6 Å². The molecule has 0 aromatic heterocycles. The highest BCUT2D eigenvalue weighted by atomic mass is 35.5. The molecular formula is C18H22Cl2N2O4S. The van der Waals surface area contributed by atoms with Crippen molar-refractivity contribution in [2.45, 2.75) is 32.0 Å². The molecule has 3 atom stereocenters. The smallest absolute Gasteiger partial charge is 0.317 e. The van der Waals surface area contributed by atoms with Gasteiger partial charge >= 0.3 is 5.97 Å². The molecule has 27 heavy (non-hydrogen) atoms. The lowest BCUT2D eigenvalue weighted by molar-refractivity contribution is -0.175. The minimum Gasteiger partial charge on any atom is -0.466 e. The van der Waals surface area contributed by atoms with Crippen LogP contribution in [0.2, 0.25) is 10.0 Å². The minimum atomic E-state index is -1.04. The first-order valence-corrected chi connectivity index (χ1v) is 9.91. The van der Waals surface area contributed by atoms with E-state index in [1.54, 1.807) is 26.2 Å². The molecule has 1 saturated heterocycles. The van der Waals surface area contributed by atoms with E-state index in [2.05, 4.69) is 5.32 Å². The number of halogens is 2. The van der Waals surface area contributed by atoms with Crippen LogP contribution in [0, 0.1) is 5.92 Å². The fourth-order valence-corrected chi connectivity index (χ4v) is 4.70. The van der Waals surface area contributed by atoms with E-state index in [1.165, 1.54) is 0 Å². The Hall–Kier alpha value is -1.28. The summed E-state index contributed by atoms with van der Waals surface area (Å²) in [5.41, 5.74) is -0.348. The second kappa shape index (κ2) is 7.99. The van der Waals surface area contributed by atoms with Gasteiger partial charge in [0.05, 0.1) is 17.7 Å². The average molecular weight is 433 g/mol. The third kappa shape index (κ3) is 3.58. The van der Waals surface area contributed by atoms with Crippen molar-refractivity contribution in [2.75, 3.05) is 26.9 Å². The number of nitrogens with zero attached hydrogens (tertiary/aromatic N) is 1. The van der Waals surface area contributed by atoms with Gasteiger partial charge in [0, 0.05) is 30.8 Å². The molecule has 9 heteroatoms. The van der Waals surface area contributed by atoms with Gasteiger partial charge in [-0.3, -0.25) is 4.79 Å². The molecule has 0 aliphatic carbocycles. The number of carbonyl (C=O) groups excluding carboxylic acids is 1. The zero-order valence-electron chi connectivity index (χ0n) is 15.4.